The van der Waals surface area contributed by atoms with Gasteiger partial charge in [0.05, 0.1) is 0 Å². The Morgan fingerprint density at radius 3 is 2.52 bits per heavy atom. The minimum absolute atomic E-state index is 0.205. The normalized spacial score (nSPS) is 16.9. The van der Waals surface area contributed by atoms with E-state index in [9.17, 15) is 9.59 Å². The van der Waals surface area contributed by atoms with Crippen LogP contribution in [0.4, 0.5) is 11.6 Å². The van der Waals surface area contributed by atoms with Crippen molar-refractivity contribution in [1.29, 1.82) is 0 Å². The highest BCUT2D eigenvalue weighted by Crippen LogP contribution is 2.32. The molecule has 0 N–H and O–H groups in total. The van der Waals surface area contributed by atoms with E-state index in [1.807, 2.05) is 48.7 Å². The van der Waals surface area contributed by atoms with Gasteiger partial charge in [-0.3, -0.25) is 13.9 Å². The van der Waals surface area contributed by atoms with Gasteiger partial charge in [0.15, 0.2) is 11.2 Å². The number of hydrogen-bond acceptors (Lipinski definition) is 4. The summed E-state index contributed by atoms with van der Waals surface area (Å²) in [5.74, 6) is 1.28. The molecule has 1 aromatic carbocycles. The predicted molar refractivity (Wildman–Crippen MR) is 107 cm³/mol. The Balaban J connectivity index is 2.01. The van der Waals surface area contributed by atoms with Gasteiger partial charge in [0, 0.05) is 32.4 Å². The number of anilines is 2. The molecule has 0 saturated heterocycles. The summed E-state index contributed by atoms with van der Waals surface area (Å²) in [5, 5.41) is 0. The fourth-order valence-corrected chi connectivity index (χ4v) is 3.86. The molecule has 1 aliphatic rings. The van der Waals surface area contributed by atoms with Crippen molar-refractivity contribution in [2.75, 3.05) is 11.4 Å². The summed E-state index contributed by atoms with van der Waals surface area (Å²) in [6.45, 7) is 8.10. The smallest absolute Gasteiger partial charge is 0.312 e. The second kappa shape index (κ2) is 6.40. The number of rotatable bonds is 3. The average molecular weight is 367 g/mol. The summed E-state index contributed by atoms with van der Waals surface area (Å²) < 4.78 is 4.82. The van der Waals surface area contributed by atoms with Gasteiger partial charge in [-0.05, 0) is 24.0 Å². The summed E-state index contributed by atoms with van der Waals surface area (Å²) >= 11 is 0. The maximum atomic E-state index is 13.2. The van der Waals surface area contributed by atoms with E-state index in [2.05, 4.69) is 11.8 Å². The van der Waals surface area contributed by atoms with Crippen LogP contribution in [-0.2, 0) is 20.1 Å². The number of para-hydroxylation sites is 1. The largest absolute Gasteiger partial charge is 0.332 e. The molecule has 0 radical (unpaired) electrons. The summed E-state index contributed by atoms with van der Waals surface area (Å²) in [4.78, 5) is 32.8. The Labute approximate surface area is 157 Å². The minimum atomic E-state index is -0.309. The van der Waals surface area contributed by atoms with Gasteiger partial charge < -0.3 is 9.47 Å². The van der Waals surface area contributed by atoms with Crippen molar-refractivity contribution in [1.82, 2.24) is 18.7 Å². The van der Waals surface area contributed by atoms with Gasteiger partial charge in [-0.2, -0.15) is 4.98 Å². The highest BCUT2D eigenvalue weighted by molar-refractivity contribution is 5.77. The van der Waals surface area contributed by atoms with Crippen LogP contribution in [0.2, 0.25) is 0 Å². The van der Waals surface area contributed by atoms with E-state index in [4.69, 9.17) is 4.98 Å². The highest BCUT2D eigenvalue weighted by Gasteiger charge is 2.29. The number of aryl methyl sites for hydroxylation is 1. The van der Waals surface area contributed by atoms with Crippen molar-refractivity contribution < 1.29 is 0 Å². The van der Waals surface area contributed by atoms with Gasteiger partial charge in [0.1, 0.15) is 0 Å². The number of benzene rings is 1. The summed E-state index contributed by atoms with van der Waals surface area (Å²) in [7, 11) is 1.69. The fourth-order valence-electron chi connectivity index (χ4n) is 3.86. The monoisotopic (exact) mass is 367 g/mol. The molecule has 1 unspecified atom stereocenters. The van der Waals surface area contributed by atoms with Crippen molar-refractivity contribution in [3.8, 4) is 0 Å². The zero-order chi connectivity index (χ0) is 19.3. The highest BCUT2D eigenvalue weighted by atomic mass is 16.2. The van der Waals surface area contributed by atoms with Crippen molar-refractivity contribution in [3.63, 3.8) is 0 Å². The maximum Gasteiger partial charge on any atom is 0.332 e. The quantitative estimate of drug-likeness (QED) is 0.713. The van der Waals surface area contributed by atoms with E-state index in [1.54, 1.807) is 7.05 Å². The van der Waals surface area contributed by atoms with E-state index in [0.29, 0.717) is 30.2 Å². The van der Waals surface area contributed by atoms with Crippen LogP contribution in [0.15, 0.2) is 39.9 Å². The van der Waals surface area contributed by atoms with Gasteiger partial charge in [-0.1, -0.05) is 39.0 Å². The lowest BCUT2D eigenvalue weighted by Gasteiger charge is -2.32. The number of nitrogens with zero attached hydrogens (tertiary/aromatic N) is 5. The molecule has 0 aliphatic carbocycles. The van der Waals surface area contributed by atoms with Crippen molar-refractivity contribution in [3.05, 3.63) is 51.2 Å². The van der Waals surface area contributed by atoms with E-state index in [-0.39, 0.29) is 17.2 Å². The van der Waals surface area contributed by atoms with Gasteiger partial charge in [0.25, 0.3) is 5.56 Å². The van der Waals surface area contributed by atoms with E-state index in [1.165, 1.54) is 9.13 Å². The molecule has 2 aromatic heterocycles. The van der Waals surface area contributed by atoms with Crippen LogP contribution in [0.1, 0.15) is 20.8 Å². The van der Waals surface area contributed by atoms with E-state index in [0.717, 1.165) is 18.2 Å². The number of imidazole rings is 1. The van der Waals surface area contributed by atoms with E-state index < -0.39 is 0 Å². The first kappa shape index (κ1) is 17.6. The number of aromatic nitrogens is 4. The zero-order valence-corrected chi connectivity index (χ0v) is 16.2. The fraction of sp³-hybridized carbons (Fsp3) is 0.450. The van der Waals surface area contributed by atoms with Crippen molar-refractivity contribution in [2.45, 2.75) is 33.9 Å². The van der Waals surface area contributed by atoms with Crippen LogP contribution in [0.3, 0.4) is 0 Å². The lowest BCUT2D eigenvalue weighted by Crippen LogP contribution is -2.41. The van der Waals surface area contributed by atoms with Crippen LogP contribution in [0.5, 0.6) is 0 Å². The SMILES string of the molecule is CC(C)Cn1c(=O)c2c(nc3n2CC(C)CN3c2ccccc2)n(C)c1=O. The summed E-state index contributed by atoms with van der Waals surface area (Å²) in [6, 6.07) is 10.0. The first-order chi connectivity index (χ1) is 12.9. The van der Waals surface area contributed by atoms with Gasteiger partial charge >= 0.3 is 5.69 Å². The Bertz CT molecular complexity index is 1110. The first-order valence-corrected chi connectivity index (χ1v) is 9.41. The average Bonchev–Trinajstić information content (AvgIpc) is 3.03. The molecule has 7 nitrogen and oxygen atoms in total. The van der Waals surface area contributed by atoms with Crippen LogP contribution in [0, 0.1) is 11.8 Å². The first-order valence-electron chi connectivity index (χ1n) is 9.41. The molecule has 7 heteroatoms. The van der Waals surface area contributed by atoms with Gasteiger partial charge in [0.2, 0.25) is 5.95 Å². The topological polar surface area (TPSA) is 65.1 Å². The second-order valence-electron chi connectivity index (χ2n) is 7.90. The van der Waals surface area contributed by atoms with Crippen LogP contribution in [-0.4, -0.2) is 25.2 Å². The molecule has 27 heavy (non-hydrogen) atoms. The number of fused-ring (bicyclic) bond motifs is 3. The third-order valence-electron chi connectivity index (χ3n) is 5.06. The Morgan fingerprint density at radius 1 is 1.15 bits per heavy atom. The molecule has 142 valence electrons. The van der Waals surface area contributed by atoms with Gasteiger partial charge in [-0.15, -0.1) is 0 Å². The van der Waals surface area contributed by atoms with Crippen LogP contribution < -0.4 is 16.1 Å². The molecule has 0 saturated carbocycles. The molecular weight excluding hydrogens is 342 g/mol. The molecule has 3 aromatic rings. The molecule has 0 amide bonds. The summed E-state index contributed by atoms with van der Waals surface area (Å²) in [5.41, 5.74) is 1.45. The molecule has 1 atom stereocenters. The minimum Gasteiger partial charge on any atom is -0.312 e. The predicted octanol–water partition coefficient (Wildman–Crippen LogP) is 2.34. The Morgan fingerprint density at radius 2 is 1.85 bits per heavy atom. The van der Waals surface area contributed by atoms with Crippen molar-refractivity contribution >= 4 is 22.8 Å². The molecule has 0 spiro atoms. The Kier molecular flexibility index (Phi) is 4.17. The van der Waals surface area contributed by atoms with Crippen LogP contribution >= 0.6 is 0 Å². The molecule has 1 aliphatic heterocycles. The zero-order valence-electron chi connectivity index (χ0n) is 16.2. The second-order valence-corrected chi connectivity index (χ2v) is 7.90. The third-order valence-corrected chi connectivity index (χ3v) is 5.06. The lowest BCUT2D eigenvalue weighted by atomic mass is 10.1. The third kappa shape index (κ3) is 2.78. The van der Waals surface area contributed by atoms with Crippen molar-refractivity contribution in [2.24, 2.45) is 18.9 Å². The molecule has 4 rings (SSSR count). The lowest BCUT2D eigenvalue weighted by molar-refractivity contribution is 0.454. The molecule has 3 heterocycles. The molecule has 0 bridgehead atoms. The number of hydrogen-bond donors (Lipinski definition) is 0. The van der Waals surface area contributed by atoms with Gasteiger partial charge in [-0.25, -0.2) is 4.79 Å². The molecular formula is C20H25N5O2. The summed E-state index contributed by atoms with van der Waals surface area (Å²) in [6.07, 6.45) is 0. The Hall–Kier alpha value is -2.83. The van der Waals surface area contributed by atoms with Crippen LogP contribution in [0.25, 0.3) is 11.2 Å². The standard InChI is InChI=1S/C20H25N5O2/c1-13(2)10-25-18(26)16-17(22(4)20(25)27)21-19-23(11-14(3)12-24(16)19)15-8-6-5-7-9-15/h5-9,13-14H,10-12H2,1-4H3. The molecule has 0 fully saturated rings. The maximum absolute atomic E-state index is 13.2. The van der Waals surface area contributed by atoms with E-state index >= 15 is 0 Å².